The van der Waals surface area contributed by atoms with Crippen LogP contribution in [0.4, 0.5) is 17.2 Å². The normalized spacial score (nSPS) is 11.0. The largest absolute Gasteiger partial charge is 0.450 e. The third kappa shape index (κ3) is 4.12. The number of anilines is 2. The smallest absolute Gasteiger partial charge is 0.353 e. The van der Waals surface area contributed by atoms with Gasteiger partial charge in [0.2, 0.25) is 11.6 Å². The van der Waals surface area contributed by atoms with E-state index in [4.69, 9.17) is 10.5 Å². The minimum Gasteiger partial charge on any atom is -0.450 e. The fraction of sp³-hybridized carbons (Fsp3) is 0. The zero-order valence-electron chi connectivity index (χ0n) is 13.8. The van der Waals surface area contributed by atoms with E-state index in [2.05, 4.69) is 9.71 Å². The van der Waals surface area contributed by atoms with Crippen LogP contribution in [-0.4, -0.2) is 18.3 Å². The second kappa shape index (κ2) is 7.30. The van der Waals surface area contributed by atoms with Crippen LogP contribution in [0.25, 0.3) is 0 Å². The number of nitrogen functional groups attached to an aromatic ring is 1. The number of rotatable bonds is 6. The van der Waals surface area contributed by atoms with Crippen molar-refractivity contribution < 1.29 is 18.1 Å². The Morgan fingerprint density at radius 1 is 1.04 bits per heavy atom. The number of ether oxygens (including phenoxy) is 1. The topological polar surface area (TPSA) is 137 Å². The van der Waals surface area contributed by atoms with Crippen molar-refractivity contribution in [3.05, 3.63) is 77.0 Å². The number of nitrogens with two attached hydrogens (primary N) is 1. The van der Waals surface area contributed by atoms with Crippen LogP contribution >= 0.6 is 0 Å². The second-order valence-electron chi connectivity index (χ2n) is 5.35. The minimum atomic E-state index is -3.71. The average Bonchev–Trinajstić information content (AvgIpc) is 2.64. The first-order valence-corrected chi connectivity index (χ1v) is 9.10. The van der Waals surface area contributed by atoms with E-state index in [1.165, 1.54) is 48.7 Å². The lowest BCUT2D eigenvalue weighted by Gasteiger charge is -2.10. The molecule has 0 saturated heterocycles. The third-order valence-electron chi connectivity index (χ3n) is 3.49. The van der Waals surface area contributed by atoms with Crippen molar-refractivity contribution in [1.82, 2.24) is 4.98 Å². The van der Waals surface area contributed by atoms with Crippen LogP contribution in [0.15, 0.2) is 71.8 Å². The SMILES string of the molecule is Nc1nccc(Oc2ccc(NS(=O)(=O)c3ccccc3)cc2)c1[N+](=O)[O-]. The van der Waals surface area contributed by atoms with Crippen molar-refractivity contribution >= 4 is 27.2 Å². The van der Waals surface area contributed by atoms with E-state index in [1.807, 2.05) is 0 Å². The van der Waals surface area contributed by atoms with Crippen molar-refractivity contribution in [2.24, 2.45) is 0 Å². The molecule has 0 aliphatic heterocycles. The highest BCUT2D eigenvalue weighted by Crippen LogP contribution is 2.34. The summed E-state index contributed by atoms with van der Waals surface area (Å²) in [6.07, 6.45) is 1.29. The van der Waals surface area contributed by atoms with E-state index < -0.39 is 20.6 Å². The first-order chi connectivity index (χ1) is 12.9. The Morgan fingerprint density at radius 3 is 2.33 bits per heavy atom. The molecule has 2 aromatic carbocycles. The molecule has 0 unspecified atom stereocenters. The summed E-state index contributed by atoms with van der Waals surface area (Å²) in [6, 6.07) is 15.2. The van der Waals surface area contributed by atoms with Gasteiger partial charge in [-0.3, -0.25) is 14.8 Å². The first kappa shape index (κ1) is 18.1. The number of nitrogens with one attached hydrogen (secondary N) is 1. The molecular weight excluding hydrogens is 372 g/mol. The minimum absolute atomic E-state index is 0.0647. The molecule has 138 valence electrons. The van der Waals surface area contributed by atoms with Crippen LogP contribution in [0, 0.1) is 10.1 Å². The summed E-state index contributed by atoms with van der Waals surface area (Å²) < 4.78 is 32.5. The fourth-order valence-electron chi connectivity index (χ4n) is 2.25. The van der Waals surface area contributed by atoms with Crippen molar-refractivity contribution in [1.29, 1.82) is 0 Å². The first-order valence-electron chi connectivity index (χ1n) is 7.61. The van der Waals surface area contributed by atoms with Crippen LogP contribution in [0.3, 0.4) is 0 Å². The average molecular weight is 386 g/mol. The molecule has 0 radical (unpaired) electrons. The Labute approximate surface area is 154 Å². The van der Waals surface area contributed by atoms with E-state index in [9.17, 15) is 18.5 Å². The van der Waals surface area contributed by atoms with Gasteiger partial charge in [0.1, 0.15) is 5.75 Å². The molecule has 0 aliphatic rings. The number of nitro groups is 1. The van der Waals surface area contributed by atoms with Gasteiger partial charge in [-0.15, -0.1) is 0 Å². The summed E-state index contributed by atoms with van der Waals surface area (Å²) in [6.45, 7) is 0. The van der Waals surface area contributed by atoms with Gasteiger partial charge in [0.15, 0.2) is 0 Å². The fourth-order valence-corrected chi connectivity index (χ4v) is 3.33. The summed E-state index contributed by atoms with van der Waals surface area (Å²) in [7, 11) is -3.71. The molecule has 3 N–H and O–H groups in total. The Kier molecular flexibility index (Phi) is 4.90. The summed E-state index contributed by atoms with van der Waals surface area (Å²) in [4.78, 5) is 14.2. The van der Waals surface area contributed by atoms with Gasteiger partial charge in [0, 0.05) is 18.0 Å². The van der Waals surface area contributed by atoms with Gasteiger partial charge >= 0.3 is 5.69 Å². The van der Waals surface area contributed by atoms with E-state index in [0.29, 0.717) is 5.69 Å². The number of hydrogen-bond acceptors (Lipinski definition) is 7. The number of pyridine rings is 1. The number of sulfonamides is 1. The van der Waals surface area contributed by atoms with Gasteiger partial charge in [-0.05, 0) is 36.4 Å². The van der Waals surface area contributed by atoms with E-state index in [-0.39, 0.29) is 22.2 Å². The molecule has 3 aromatic rings. The van der Waals surface area contributed by atoms with E-state index in [1.54, 1.807) is 18.2 Å². The molecule has 1 aromatic heterocycles. The summed E-state index contributed by atoms with van der Waals surface area (Å²) >= 11 is 0. The van der Waals surface area contributed by atoms with Gasteiger partial charge in [-0.2, -0.15) is 0 Å². The number of benzene rings is 2. The summed E-state index contributed by atoms with van der Waals surface area (Å²) in [5.74, 6) is -0.0544. The molecule has 0 atom stereocenters. The molecule has 9 nitrogen and oxygen atoms in total. The molecule has 0 saturated carbocycles. The zero-order valence-corrected chi connectivity index (χ0v) is 14.6. The van der Waals surface area contributed by atoms with Gasteiger partial charge in [0.25, 0.3) is 10.0 Å². The molecule has 0 bridgehead atoms. The molecule has 0 aliphatic carbocycles. The van der Waals surface area contributed by atoms with Gasteiger partial charge in [-0.1, -0.05) is 18.2 Å². The highest BCUT2D eigenvalue weighted by molar-refractivity contribution is 7.92. The van der Waals surface area contributed by atoms with E-state index in [0.717, 1.165) is 0 Å². The van der Waals surface area contributed by atoms with Crippen molar-refractivity contribution in [3.8, 4) is 11.5 Å². The molecular formula is C17H14N4O5S. The predicted octanol–water partition coefficient (Wildman–Crippen LogP) is 3.17. The second-order valence-corrected chi connectivity index (χ2v) is 7.03. The monoisotopic (exact) mass is 386 g/mol. The van der Waals surface area contributed by atoms with Crippen molar-refractivity contribution in [3.63, 3.8) is 0 Å². The van der Waals surface area contributed by atoms with Crippen LogP contribution in [-0.2, 0) is 10.0 Å². The molecule has 10 heteroatoms. The standard InChI is InChI=1S/C17H14N4O5S/c18-17-16(21(22)23)15(10-11-19-17)26-13-8-6-12(7-9-13)20-27(24,25)14-4-2-1-3-5-14/h1-11,20H,(H2,18,19). The van der Waals surface area contributed by atoms with Crippen LogP contribution < -0.4 is 15.2 Å². The molecule has 0 fully saturated rings. The molecule has 0 amide bonds. The lowest BCUT2D eigenvalue weighted by Crippen LogP contribution is -2.12. The summed E-state index contributed by atoms with van der Waals surface area (Å²) in [5.41, 5.74) is 5.39. The van der Waals surface area contributed by atoms with Crippen molar-refractivity contribution in [2.75, 3.05) is 10.5 Å². The number of nitrogens with zero attached hydrogens (tertiary/aromatic N) is 2. The summed E-state index contributed by atoms with van der Waals surface area (Å²) in [5, 5.41) is 11.1. The van der Waals surface area contributed by atoms with E-state index >= 15 is 0 Å². The highest BCUT2D eigenvalue weighted by Gasteiger charge is 2.21. The molecule has 1 heterocycles. The lowest BCUT2D eigenvalue weighted by atomic mass is 10.3. The maximum absolute atomic E-state index is 12.3. The maximum Gasteiger partial charge on any atom is 0.353 e. The zero-order chi connectivity index (χ0) is 19.4. The Morgan fingerprint density at radius 2 is 1.70 bits per heavy atom. The molecule has 3 rings (SSSR count). The quantitative estimate of drug-likeness (QED) is 0.490. The Bertz CT molecular complexity index is 1070. The Balaban J connectivity index is 1.79. The van der Waals surface area contributed by atoms with Gasteiger partial charge < -0.3 is 10.5 Å². The highest BCUT2D eigenvalue weighted by atomic mass is 32.2. The van der Waals surface area contributed by atoms with Crippen LogP contribution in [0.2, 0.25) is 0 Å². The van der Waals surface area contributed by atoms with Gasteiger partial charge in [-0.25, -0.2) is 13.4 Å². The predicted molar refractivity (Wildman–Crippen MR) is 99.1 cm³/mol. The molecule has 0 spiro atoms. The number of hydrogen-bond donors (Lipinski definition) is 2. The maximum atomic E-state index is 12.3. The lowest BCUT2D eigenvalue weighted by molar-refractivity contribution is -0.384. The van der Waals surface area contributed by atoms with Crippen molar-refractivity contribution in [2.45, 2.75) is 4.90 Å². The molecule has 27 heavy (non-hydrogen) atoms. The van der Waals surface area contributed by atoms with Crippen LogP contribution in [0.5, 0.6) is 11.5 Å². The third-order valence-corrected chi connectivity index (χ3v) is 4.88. The number of aromatic nitrogens is 1. The Hall–Kier alpha value is -3.66. The van der Waals surface area contributed by atoms with Crippen LogP contribution in [0.1, 0.15) is 0 Å². The van der Waals surface area contributed by atoms with Gasteiger partial charge in [0.05, 0.1) is 9.82 Å².